The molecule has 0 bridgehead atoms. The largest absolute Gasteiger partial charge is 0.506 e. The Bertz CT molecular complexity index is 1060. The molecule has 0 spiro atoms. The quantitative estimate of drug-likeness (QED) is 0.429. The highest BCUT2D eigenvalue weighted by molar-refractivity contribution is 5.93. The molecule has 3 amide bonds. The molecule has 0 saturated heterocycles. The molecule has 2 aromatic carbocycles. The second-order valence-electron chi connectivity index (χ2n) is 9.72. The van der Waals surface area contributed by atoms with Gasteiger partial charge in [-0.1, -0.05) is 50.2 Å². The molecule has 2 aromatic rings. The molecular formula is C27H39N5O4. The Morgan fingerprint density at radius 3 is 2.00 bits per heavy atom. The molecule has 9 heteroatoms. The summed E-state index contributed by atoms with van der Waals surface area (Å²) in [5.41, 5.74) is 14.2. The zero-order chi connectivity index (χ0) is 27.2. The van der Waals surface area contributed by atoms with Gasteiger partial charge in [-0.15, -0.1) is 0 Å². The minimum atomic E-state index is -0.945. The summed E-state index contributed by atoms with van der Waals surface area (Å²) in [6.45, 7) is 3.68. The van der Waals surface area contributed by atoms with Crippen LogP contribution in [0.2, 0.25) is 0 Å². The van der Waals surface area contributed by atoms with Crippen LogP contribution in [0, 0.1) is 5.92 Å². The highest BCUT2D eigenvalue weighted by atomic mass is 16.3. The highest BCUT2D eigenvalue weighted by Crippen LogP contribution is 2.27. The van der Waals surface area contributed by atoms with E-state index in [1.165, 1.54) is 16.8 Å². The first-order chi connectivity index (χ1) is 16.8. The standard InChI is InChI=1S/C27H39N5O4/c1-17(2)24(32(6)26(35)20(28)14-18-10-8-7-9-11-18)27(36)31(5)22(25(29)34)16-19-12-13-23(33)21(15-19)30(3)4/h7-13,15,17,20,22,24,33H,14,16,28H2,1-6H3,(H2,29,34)/t20-,22-,24-/m0/s1. The molecule has 0 unspecified atom stereocenters. The number of likely N-dealkylation sites (N-methyl/N-ethyl adjacent to an activating group) is 2. The van der Waals surface area contributed by atoms with E-state index in [4.69, 9.17) is 11.5 Å². The smallest absolute Gasteiger partial charge is 0.246 e. The topological polar surface area (TPSA) is 133 Å². The molecule has 3 atom stereocenters. The normalized spacial score (nSPS) is 13.6. The van der Waals surface area contributed by atoms with Crippen molar-refractivity contribution in [1.29, 1.82) is 0 Å². The van der Waals surface area contributed by atoms with E-state index in [0.29, 0.717) is 12.1 Å². The highest BCUT2D eigenvalue weighted by Gasteiger charge is 2.37. The van der Waals surface area contributed by atoms with Gasteiger partial charge in [-0.3, -0.25) is 14.4 Å². The molecule has 9 nitrogen and oxygen atoms in total. The molecule has 36 heavy (non-hydrogen) atoms. The fourth-order valence-corrected chi connectivity index (χ4v) is 4.32. The second-order valence-corrected chi connectivity index (χ2v) is 9.72. The van der Waals surface area contributed by atoms with Gasteiger partial charge in [0.25, 0.3) is 0 Å². The van der Waals surface area contributed by atoms with Crippen molar-refractivity contribution in [3.63, 3.8) is 0 Å². The molecule has 0 aliphatic carbocycles. The maximum absolute atomic E-state index is 13.6. The number of hydrogen-bond acceptors (Lipinski definition) is 6. The van der Waals surface area contributed by atoms with Crippen molar-refractivity contribution in [2.24, 2.45) is 17.4 Å². The van der Waals surface area contributed by atoms with E-state index in [-0.39, 0.29) is 24.0 Å². The summed E-state index contributed by atoms with van der Waals surface area (Å²) in [7, 11) is 6.67. The van der Waals surface area contributed by atoms with Gasteiger partial charge in [0.2, 0.25) is 17.7 Å². The summed E-state index contributed by atoms with van der Waals surface area (Å²) < 4.78 is 0. The number of primary amides is 1. The Labute approximate surface area is 213 Å². The number of phenolic OH excluding ortho intramolecular Hbond substituents is 1. The molecule has 196 valence electrons. The first-order valence-corrected chi connectivity index (χ1v) is 12.0. The number of aromatic hydroxyl groups is 1. The Balaban J connectivity index is 2.24. The molecule has 5 N–H and O–H groups in total. The van der Waals surface area contributed by atoms with Crippen LogP contribution < -0.4 is 16.4 Å². The van der Waals surface area contributed by atoms with E-state index in [0.717, 1.165) is 11.1 Å². The Hall–Kier alpha value is -3.59. The predicted molar refractivity (Wildman–Crippen MR) is 141 cm³/mol. The lowest BCUT2D eigenvalue weighted by Crippen LogP contribution is -2.58. The molecule has 0 aromatic heterocycles. The van der Waals surface area contributed by atoms with Crippen LogP contribution in [0.25, 0.3) is 0 Å². The molecule has 0 fully saturated rings. The number of carbonyl (C=O) groups excluding carboxylic acids is 3. The van der Waals surface area contributed by atoms with Gasteiger partial charge in [-0.2, -0.15) is 0 Å². The SMILES string of the molecule is CC(C)[C@@H](C(=O)N(C)[C@@H](Cc1ccc(O)c(N(C)C)c1)C(N)=O)N(C)C(=O)[C@@H](N)Cc1ccccc1. The van der Waals surface area contributed by atoms with Gasteiger partial charge in [-0.25, -0.2) is 0 Å². The maximum atomic E-state index is 13.6. The van der Waals surface area contributed by atoms with Crippen molar-refractivity contribution in [1.82, 2.24) is 9.80 Å². The van der Waals surface area contributed by atoms with Crippen LogP contribution in [0.4, 0.5) is 5.69 Å². The van der Waals surface area contributed by atoms with Crippen LogP contribution in [-0.2, 0) is 27.2 Å². The fourth-order valence-electron chi connectivity index (χ4n) is 4.32. The fraction of sp³-hybridized carbons (Fsp3) is 0.444. The van der Waals surface area contributed by atoms with Crippen LogP contribution in [0.3, 0.4) is 0 Å². The number of amides is 3. The lowest BCUT2D eigenvalue weighted by molar-refractivity contribution is -0.149. The van der Waals surface area contributed by atoms with Crippen molar-refractivity contribution >= 4 is 23.4 Å². The monoisotopic (exact) mass is 497 g/mol. The molecule has 0 saturated carbocycles. The van der Waals surface area contributed by atoms with Crippen molar-refractivity contribution in [3.05, 3.63) is 59.7 Å². The molecule has 0 aliphatic rings. The first kappa shape index (κ1) is 28.6. The Morgan fingerprint density at radius 1 is 0.861 bits per heavy atom. The minimum Gasteiger partial charge on any atom is -0.506 e. The Kier molecular flexibility index (Phi) is 9.86. The predicted octanol–water partition coefficient (Wildman–Crippen LogP) is 1.37. The van der Waals surface area contributed by atoms with Crippen molar-refractivity contribution in [2.75, 3.05) is 33.1 Å². The summed E-state index contributed by atoms with van der Waals surface area (Å²) in [5.74, 6) is -1.55. The third-order valence-electron chi connectivity index (χ3n) is 6.36. The van der Waals surface area contributed by atoms with Gasteiger partial charge in [0.1, 0.15) is 17.8 Å². The molecule has 0 radical (unpaired) electrons. The molecule has 0 heterocycles. The lowest BCUT2D eigenvalue weighted by atomic mass is 9.97. The third kappa shape index (κ3) is 6.97. The number of benzene rings is 2. The number of carbonyl (C=O) groups is 3. The van der Waals surface area contributed by atoms with Gasteiger partial charge in [0.05, 0.1) is 11.7 Å². The van der Waals surface area contributed by atoms with E-state index in [1.807, 2.05) is 44.2 Å². The molecular weight excluding hydrogens is 458 g/mol. The van der Waals surface area contributed by atoms with Crippen molar-refractivity contribution in [3.8, 4) is 5.75 Å². The van der Waals surface area contributed by atoms with Crippen LogP contribution >= 0.6 is 0 Å². The first-order valence-electron chi connectivity index (χ1n) is 12.0. The second kappa shape index (κ2) is 12.4. The van der Waals surface area contributed by atoms with E-state index < -0.39 is 29.9 Å². The van der Waals surface area contributed by atoms with Gasteiger partial charge in [0, 0.05) is 34.6 Å². The lowest BCUT2D eigenvalue weighted by Gasteiger charge is -2.36. The van der Waals surface area contributed by atoms with Crippen LogP contribution in [0.1, 0.15) is 25.0 Å². The Morgan fingerprint density at radius 2 is 1.47 bits per heavy atom. The average Bonchev–Trinajstić information content (AvgIpc) is 2.82. The van der Waals surface area contributed by atoms with Crippen LogP contribution in [0.5, 0.6) is 5.75 Å². The number of rotatable bonds is 11. The van der Waals surface area contributed by atoms with Crippen LogP contribution in [0.15, 0.2) is 48.5 Å². The van der Waals surface area contributed by atoms with Crippen molar-refractivity contribution in [2.45, 2.75) is 44.8 Å². The molecule has 2 rings (SSSR count). The van der Waals surface area contributed by atoms with Gasteiger partial charge < -0.3 is 31.3 Å². The van der Waals surface area contributed by atoms with Gasteiger partial charge in [0.15, 0.2) is 0 Å². The number of phenols is 1. The zero-order valence-corrected chi connectivity index (χ0v) is 22.0. The third-order valence-corrected chi connectivity index (χ3v) is 6.36. The average molecular weight is 498 g/mol. The van der Waals surface area contributed by atoms with Gasteiger partial charge in [-0.05, 0) is 35.6 Å². The van der Waals surface area contributed by atoms with Crippen LogP contribution in [-0.4, -0.2) is 78.9 Å². The summed E-state index contributed by atoms with van der Waals surface area (Å²) in [6, 6.07) is 11.8. The minimum absolute atomic E-state index is 0.107. The van der Waals surface area contributed by atoms with E-state index in [2.05, 4.69) is 0 Å². The van der Waals surface area contributed by atoms with E-state index in [9.17, 15) is 19.5 Å². The summed E-state index contributed by atoms with van der Waals surface area (Å²) in [6.07, 6.45) is 0.506. The van der Waals surface area contributed by atoms with Gasteiger partial charge >= 0.3 is 0 Å². The number of anilines is 1. The summed E-state index contributed by atoms with van der Waals surface area (Å²) in [5, 5.41) is 10.1. The number of nitrogens with two attached hydrogens (primary N) is 2. The zero-order valence-electron chi connectivity index (χ0n) is 22.0. The maximum Gasteiger partial charge on any atom is 0.246 e. The molecule has 0 aliphatic heterocycles. The number of nitrogens with zero attached hydrogens (tertiary/aromatic N) is 3. The van der Waals surface area contributed by atoms with E-state index in [1.54, 1.807) is 44.2 Å². The van der Waals surface area contributed by atoms with E-state index >= 15 is 0 Å². The summed E-state index contributed by atoms with van der Waals surface area (Å²) in [4.78, 5) is 43.6. The summed E-state index contributed by atoms with van der Waals surface area (Å²) >= 11 is 0. The number of hydrogen-bond donors (Lipinski definition) is 3. The van der Waals surface area contributed by atoms with Crippen molar-refractivity contribution < 1.29 is 19.5 Å².